The average Bonchev–Trinajstić information content (AvgIpc) is 3.36. The average molecular weight is 383 g/mol. The standard InChI is InChI=1S/C30H22/c1-2-10-19-18(9-1)17-23-27(19)29-28(23)22-13-5-8-16-26(22)30(29)24-14-6-3-11-20(24)21-12-4-7-15-25(21)30/h1-16,23,27-29H,17H2/t23-,27+,28?,29+/m1/s1. The first-order valence-corrected chi connectivity index (χ1v) is 11.3. The molecule has 0 aliphatic heterocycles. The molecule has 0 amide bonds. The van der Waals surface area contributed by atoms with E-state index in [2.05, 4.69) is 97.1 Å². The van der Waals surface area contributed by atoms with E-state index in [9.17, 15) is 0 Å². The summed E-state index contributed by atoms with van der Waals surface area (Å²) in [6.45, 7) is 0. The van der Waals surface area contributed by atoms with Gasteiger partial charge in [0.1, 0.15) is 0 Å². The zero-order valence-corrected chi connectivity index (χ0v) is 16.8. The Morgan fingerprint density at radius 2 is 1.07 bits per heavy atom. The van der Waals surface area contributed by atoms with Crippen molar-refractivity contribution in [3.63, 3.8) is 0 Å². The number of fused-ring (bicyclic) bond motifs is 15. The Labute approximate surface area is 177 Å². The molecule has 142 valence electrons. The molecule has 4 atom stereocenters. The van der Waals surface area contributed by atoms with Crippen molar-refractivity contribution in [2.24, 2.45) is 11.8 Å². The maximum atomic E-state index is 2.44. The third kappa shape index (κ3) is 1.51. The summed E-state index contributed by atoms with van der Waals surface area (Å²) >= 11 is 0. The predicted molar refractivity (Wildman–Crippen MR) is 121 cm³/mol. The normalized spacial score (nSPS) is 27.5. The Hall–Kier alpha value is -3.12. The Bertz CT molecular complexity index is 1310. The summed E-state index contributed by atoms with van der Waals surface area (Å²) in [7, 11) is 0. The van der Waals surface area contributed by atoms with Crippen molar-refractivity contribution in [3.8, 4) is 11.1 Å². The van der Waals surface area contributed by atoms with Gasteiger partial charge in [0.25, 0.3) is 0 Å². The van der Waals surface area contributed by atoms with Crippen molar-refractivity contribution in [3.05, 3.63) is 130 Å². The molecule has 4 aliphatic carbocycles. The fourth-order valence-electron chi connectivity index (χ4n) is 8.02. The van der Waals surface area contributed by atoms with Crippen LogP contribution in [0.1, 0.15) is 45.2 Å². The van der Waals surface area contributed by atoms with Crippen molar-refractivity contribution in [2.45, 2.75) is 23.7 Å². The van der Waals surface area contributed by atoms with Gasteiger partial charge < -0.3 is 0 Å². The molecule has 4 aliphatic rings. The lowest BCUT2D eigenvalue weighted by Crippen LogP contribution is -2.48. The first-order chi connectivity index (χ1) is 14.9. The zero-order chi connectivity index (χ0) is 19.4. The van der Waals surface area contributed by atoms with Gasteiger partial charge in [-0.1, -0.05) is 97.1 Å². The molecule has 0 N–H and O–H groups in total. The van der Waals surface area contributed by atoms with Crippen molar-refractivity contribution >= 4 is 0 Å². The van der Waals surface area contributed by atoms with Crippen LogP contribution in [0.3, 0.4) is 0 Å². The van der Waals surface area contributed by atoms with Gasteiger partial charge in [0, 0.05) is 0 Å². The summed E-state index contributed by atoms with van der Waals surface area (Å²) in [5, 5.41) is 0. The summed E-state index contributed by atoms with van der Waals surface area (Å²) in [5.74, 6) is 2.71. The minimum atomic E-state index is -0.00688. The second-order valence-corrected chi connectivity index (χ2v) is 9.63. The molecule has 0 heteroatoms. The van der Waals surface area contributed by atoms with E-state index in [1.165, 1.54) is 28.7 Å². The van der Waals surface area contributed by atoms with Gasteiger partial charge in [-0.05, 0) is 74.6 Å². The molecule has 0 aromatic heterocycles. The molecule has 4 aromatic rings. The van der Waals surface area contributed by atoms with Gasteiger partial charge >= 0.3 is 0 Å². The SMILES string of the molecule is c1ccc2c(c1)C[C@H]1C3c4ccccc4C4(c5ccccc5-c5ccccc54)[C@H]3[C@@H]21. The molecule has 0 saturated heterocycles. The Kier molecular flexibility index (Phi) is 2.68. The largest absolute Gasteiger partial charge is 0.0620 e. The van der Waals surface area contributed by atoms with E-state index in [1.54, 1.807) is 22.3 Å². The van der Waals surface area contributed by atoms with Crippen LogP contribution in [0.4, 0.5) is 0 Å². The lowest BCUT2D eigenvalue weighted by molar-refractivity contribution is 0.0895. The highest BCUT2D eigenvalue weighted by molar-refractivity contribution is 5.86. The third-order valence-corrected chi connectivity index (χ3v) is 8.80. The summed E-state index contributed by atoms with van der Waals surface area (Å²) in [4.78, 5) is 0. The van der Waals surface area contributed by atoms with E-state index in [0.29, 0.717) is 17.8 Å². The number of hydrogen-bond donors (Lipinski definition) is 0. The maximum absolute atomic E-state index is 2.44. The maximum Gasteiger partial charge on any atom is 0.0506 e. The van der Waals surface area contributed by atoms with Gasteiger partial charge in [0.15, 0.2) is 0 Å². The Morgan fingerprint density at radius 1 is 0.533 bits per heavy atom. The second-order valence-electron chi connectivity index (χ2n) is 9.63. The molecule has 0 radical (unpaired) electrons. The third-order valence-electron chi connectivity index (χ3n) is 8.80. The van der Waals surface area contributed by atoms with Crippen molar-refractivity contribution in [2.75, 3.05) is 0 Å². The lowest BCUT2D eigenvalue weighted by atomic mass is 9.49. The fraction of sp³-hybridized carbons (Fsp3) is 0.200. The van der Waals surface area contributed by atoms with Gasteiger partial charge in [-0.15, -0.1) is 0 Å². The van der Waals surface area contributed by atoms with Crippen LogP contribution >= 0.6 is 0 Å². The first-order valence-electron chi connectivity index (χ1n) is 11.3. The van der Waals surface area contributed by atoms with Crippen molar-refractivity contribution < 1.29 is 0 Å². The number of hydrogen-bond acceptors (Lipinski definition) is 0. The summed E-state index contributed by atoms with van der Waals surface area (Å²) < 4.78 is 0. The van der Waals surface area contributed by atoms with Crippen LogP contribution < -0.4 is 0 Å². The highest BCUT2D eigenvalue weighted by Crippen LogP contribution is 2.77. The molecule has 1 unspecified atom stereocenters. The molecule has 30 heavy (non-hydrogen) atoms. The van der Waals surface area contributed by atoms with Gasteiger partial charge in [-0.25, -0.2) is 0 Å². The number of rotatable bonds is 0. The monoisotopic (exact) mass is 382 g/mol. The van der Waals surface area contributed by atoms with Crippen LogP contribution in [0.5, 0.6) is 0 Å². The van der Waals surface area contributed by atoms with Gasteiger partial charge in [0.2, 0.25) is 0 Å². The van der Waals surface area contributed by atoms with Gasteiger partial charge in [0.05, 0.1) is 5.41 Å². The highest BCUT2D eigenvalue weighted by atomic mass is 14.7. The molecule has 1 spiro atoms. The van der Waals surface area contributed by atoms with E-state index in [-0.39, 0.29) is 5.41 Å². The molecule has 0 nitrogen and oxygen atoms in total. The van der Waals surface area contributed by atoms with Gasteiger partial charge in [-0.3, -0.25) is 0 Å². The summed E-state index contributed by atoms with van der Waals surface area (Å²) in [6, 6.07) is 37.1. The van der Waals surface area contributed by atoms with Crippen LogP contribution in [0.25, 0.3) is 11.1 Å². The van der Waals surface area contributed by atoms with Crippen LogP contribution in [0, 0.1) is 11.8 Å². The van der Waals surface area contributed by atoms with Crippen molar-refractivity contribution in [1.29, 1.82) is 0 Å². The minimum Gasteiger partial charge on any atom is -0.0620 e. The van der Waals surface area contributed by atoms with E-state index in [4.69, 9.17) is 0 Å². The summed E-state index contributed by atoms with van der Waals surface area (Å²) in [6.07, 6.45) is 1.25. The summed E-state index contributed by atoms with van der Waals surface area (Å²) in [5.41, 5.74) is 12.4. The molecule has 1 fully saturated rings. The fourth-order valence-corrected chi connectivity index (χ4v) is 8.02. The lowest BCUT2D eigenvalue weighted by Gasteiger charge is -2.53. The predicted octanol–water partition coefficient (Wildman–Crippen LogP) is 6.68. The zero-order valence-electron chi connectivity index (χ0n) is 16.8. The Morgan fingerprint density at radius 3 is 1.80 bits per heavy atom. The molecule has 1 saturated carbocycles. The van der Waals surface area contributed by atoms with Crippen LogP contribution in [-0.2, 0) is 11.8 Å². The molecule has 4 aromatic carbocycles. The Balaban J connectivity index is 1.50. The number of benzene rings is 4. The molecule has 8 rings (SSSR count). The molecular weight excluding hydrogens is 360 g/mol. The van der Waals surface area contributed by atoms with Crippen LogP contribution in [0.2, 0.25) is 0 Å². The topological polar surface area (TPSA) is 0 Å². The van der Waals surface area contributed by atoms with E-state index in [1.807, 2.05) is 0 Å². The second kappa shape index (κ2) is 5.13. The molecule has 0 heterocycles. The van der Waals surface area contributed by atoms with Crippen LogP contribution in [-0.4, -0.2) is 0 Å². The van der Waals surface area contributed by atoms with E-state index < -0.39 is 0 Å². The molecule has 0 bridgehead atoms. The van der Waals surface area contributed by atoms with Gasteiger partial charge in [-0.2, -0.15) is 0 Å². The molecular formula is C30H22. The van der Waals surface area contributed by atoms with Crippen LogP contribution in [0.15, 0.2) is 97.1 Å². The smallest absolute Gasteiger partial charge is 0.0506 e. The highest BCUT2D eigenvalue weighted by Gasteiger charge is 2.69. The van der Waals surface area contributed by atoms with Crippen molar-refractivity contribution in [1.82, 2.24) is 0 Å². The minimum absolute atomic E-state index is 0.00688. The van der Waals surface area contributed by atoms with E-state index in [0.717, 1.165) is 5.92 Å². The first kappa shape index (κ1) is 15.7. The quantitative estimate of drug-likeness (QED) is 0.318. The van der Waals surface area contributed by atoms with E-state index >= 15 is 0 Å².